The van der Waals surface area contributed by atoms with Gasteiger partial charge in [0.1, 0.15) is 0 Å². The molecule has 0 amide bonds. The summed E-state index contributed by atoms with van der Waals surface area (Å²) in [7, 11) is -3.45. The van der Waals surface area contributed by atoms with Crippen LogP contribution >= 0.6 is 0 Å². The lowest BCUT2D eigenvalue weighted by atomic mass is 10.1. The van der Waals surface area contributed by atoms with Crippen molar-refractivity contribution < 1.29 is 8.42 Å². The van der Waals surface area contributed by atoms with E-state index >= 15 is 0 Å². The van der Waals surface area contributed by atoms with E-state index in [0.717, 1.165) is 5.69 Å². The number of rotatable bonds is 4. The highest BCUT2D eigenvalue weighted by Gasteiger charge is 2.29. The van der Waals surface area contributed by atoms with E-state index in [1.54, 1.807) is 36.4 Å². The van der Waals surface area contributed by atoms with Gasteiger partial charge in [-0.25, -0.2) is 8.42 Å². The smallest absolute Gasteiger partial charge is 0.243 e. The number of piperazine rings is 1. The Balaban J connectivity index is 1.77. The Morgan fingerprint density at radius 2 is 1.62 bits per heavy atom. The standard InChI is InChI=1S/C17H20N4O2S/c18-13-15-16(19)7-4-8-17(15)20-9-11-21(12-10-20)24(22,23)14-5-2-1-3-6-14/h1-8,13,18H,9-12,19H2. The zero-order valence-electron chi connectivity index (χ0n) is 13.2. The SMILES string of the molecule is N=Cc1c(N)cccc1N1CCN(S(=O)(=O)c2ccccc2)CC1. The monoisotopic (exact) mass is 344 g/mol. The van der Waals surface area contributed by atoms with Crippen LogP contribution < -0.4 is 10.6 Å². The summed E-state index contributed by atoms with van der Waals surface area (Å²) >= 11 is 0. The third-order valence-corrected chi connectivity index (χ3v) is 6.13. The number of nitrogens with two attached hydrogens (primary N) is 1. The molecule has 0 bridgehead atoms. The molecular weight excluding hydrogens is 324 g/mol. The van der Waals surface area contributed by atoms with E-state index in [9.17, 15) is 8.42 Å². The molecule has 0 aliphatic carbocycles. The first-order valence-electron chi connectivity index (χ1n) is 7.73. The van der Waals surface area contributed by atoms with Crippen LogP contribution in [-0.2, 0) is 10.0 Å². The molecule has 126 valence electrons. The van der Waals surface area contributed by atoms with E-state index in [1.807, 2.05) is 12.1 Å². The summed E-state index contributed by atoms with van der Waals surface area (Å²) < 4.78 is 26.8. The lowest BCUT2D eigenvalue weighted by Gasteiger charge is -2.36. The first-order valence-corrected chi connectivity index (χ1v) is 9.17. The summed E-state index contributed by atoms with van der Waals surface area (Å²) in [6.07, 6.45) is 1.25. The minimum Gasteiger partial charge on any atom is -0.398 e. The van der Waals surface area contributed by atoms with Gasteiger partial charge in [-0.2, -0.15) is 4.31 Å². The number of hydrogen-bond acceptors (Lipinski definition) is 5. The number of benzene rings is 2. The van der Waals surface area contributed by atoms with Crippen LogP contribution in [0.2, 0.25) is 0 Å². The molecule has 2 aromatic rings. The maximum atomic E-state index is 12.7. The van der Waals surface area contributed by atoms with Gasteiger partial charge in [-0.1, -0.05) is 24.3 Å². The molecule has 0 atom stereocenters. The number of sulfonamides is 1. The predicted octanol–water partition coefficient (Wildman–Crippen LogP) is 1.78. The lowest BCUT2D eigenvalue weighted by Crippen LogP contribution is -2.48. The highest BCUT2D eigenvalue weighted by Crippen LogP contribution is 2.26. The Bertz CT molecular complexity index is 829. The van der Waals surface area contributed by atoms with Crippen LogP contribution in [0.15, 0.2) is 53.4 Å². The fourth-order valence-corrected chi connectivity index (χ4v) is 4.36. The zero-order chi connectivity index (χ0) is 17.2. The van der Waals surface area contributed by atoms with Crippen molar-refractivity contribution in [1.29, 1.82) is 5.41 Å². The van der Waals surface area contributed by atoms with Crippen LogP contribution in [0.3, 0.4) is 0 Å². The Morgan fingerprint density at radius 1 is 0.958 bits per heavy atom. The highest BCUT2D eigenvalue weighted by atomic mass is 32.2. The summed E-state index contributed by atoms with van der Waals surface area (Å²) in [6.45, 7) is 1.94. The first-order chi connectivity index (χ1) is 11.5. The van der Waals surface area contributed by atoms with E-state index in [2.05, 4.69) is 4.90 Å². The van der Waals surface area contributed by atoms with Crippen molar-refractivity contribution in [3.05, 3.63) is 54.1 Å². The molecule has 0 spiro atoms. The Labute approximate surface area is 142 Å². The molecular formula is C17H20N4O2S. The van der Waals surface area contributed by atoms with Gasteiger partial charge in [-0.3, -0.25) is 0 Å². The second kappa shape index (κ2) is 6.62. The van der Waals surface area contributed by atoms with Gasteiger partial charge in [0.05, 0.1) is 4.90 Å². The second-order valence-corrected chi connectivity index (χ2v) is 7.57. The van der Waals surface area contributed by atoms with Crippen molar-refractivity contribution in [3.63, 3.8) is 0 Å². The van der Waals surface area contributed by atoms with Crippen molar-refractivity contribution in [3.8, 4) is 0 Å². The average Bonchev–Trinajstić information content (AvgIpc) is 2.62. The van der Waals surface area contributed by atoms with Gasteiger partial charge in [0.2, 0.25) is 10.0 Å². The summed E-state index contributed by atoms with van der Waals surface area (Å²) in [4.78, 5) is 2.40. The molecule has 0 saturated carbocycles. The van der Waals surface area contributed by atoms with Gasteiger partial charge in [-0.15, -0.1) is 0 Å². The predicted molar refractivity (Wildman–Crippen MR) is 96.2 cm³/mol. The topological polar surface area (TPSA) is 90.5 Å². The van der Waals surface area contributed by atoms with Gasteiger partial charge < -0.3 is 16.0 Å². The molecule has 1 aliphatic heterocycles. The second-order valence-electron chi connectivity index (χ2n) is 5.63. The molecule has 0 unspecified atom stereocenters. The molecule has 7 heteroatoms. The van der Waals surface area contributed by atoms with Gasteiger partial charge >= 0.3 is 0 Å². The average molecular weight is 344 g/mol. The van der Waals surface area contributed by atoms with Gasteiger partial charge in [0.15, 0.2) is 0 Å². The third kappa shape index (κ3) is 3.00. The number of hydrogen-bond donors (Lipinski definition) is 2. The number of nitrogens with zero attached hydrogens (tertiary/aromatic N) is 2. The summed E-state index contributed by atoms with van der Waals surface area (Å²) in [6, 6.07) is 14.0. The Kier molecular flexibility index (Phi) is 4.55. The van der Waals surface area contributed by atoms with Gasteiger partial charge in [-0.05, 0) is 24.3 Å². The lowest BCUT2D eigenvalue weighted by molar-refractivity contribution is 0.385. The molecule has 3 N–H and O–H groups in total. The van der Waals surface area contributed by atoms with Crippen LogP contribution in [0.5, 0.6) is 0 Å². The fraction of sp³-hybridized carbons (Fsp3) is 0.235. The zero-order valence-corrected chi connectivity index (χ0v) is 14.0. The van der Waals surface area contributed by atoms with E-state index < -0.39 is 10.0 Å². The Hall–Kier alpha value is -2.38. The normalized spacial score (nSPS) is 16.1. The molecule has 6 nitrogen and oxygen atoms in total. The first kappa shape index (κ1) is 16.5. The molecule has 3 rings (SSSR count). The fourth-order valence-electron chi connectivity index (χ4n) is 2.91. The molecule has 1 fully saturated rings. The van der Waals surface area contributed by atoms with Crippen molar-refractivity contribution in [1.82, 2.24) is 4.31 Å². The van der Waals surface area contributed by atoms with Gasteiger partial charge in [0, 0.05) is 49.3 Å². The maximum Gasteiger partial charge on any atom is 0.243 e. The van der Waals surface area contributed by atoms with E-state index in [-0.39, 0.29) is 0 Å². The molecule has 1 aliphatic rings. The number of nitrogen functional groups attached to an aromatic ring is 1. The highest BCUT2D eigenvalue weighted by molar-refractivity contribution is 7.89. The van der Waals surface area contributed by atoms with Crippen molar-refractivity contribution in [2.45, 2.75) is 4.90 Å². The molecule has 24 heavy (non-hydrogen) atoms. The minimum absolute atomic E-state index is 0.322. The molecule has 2 aromatic carbocycles. The van der Waals surface area contributed by atoms with Crippen molar-refractivity contribution in [2.75, 3.05) is 36.8 Å². The summed E-state index contributed by atoms with van der Waals surface area (Å²) in [5, 5.41) is 7.56. The van der Waals surface area contributed by atoms with Crippen molar-refractivity contribution >= 4 is 27.6 Å². The van der Waals surface area contributed by atoms with Crippen molar-refractivity contribution in [2.24, 2.45) is 0 Å². The molecule has 0 aromatic heterocycles. The molecule has 1 heterocycles. The van der Waals surface area contributed by atoms with E-state index in [0.29, 0.717) is 42.3 Å². The van der Waals surface area contributed by atoms with E-state index in [1.165, 1.54) is 10.5 Å². The minimum atomic E-state index is -3.45. The quantitative estimate of drug-likeness (QED) is 0.653. The van der Waals surface area contributed by atoms with E-state index in [4.69, 9.17) is 11.1 Å². The number of anilines is 2. The van der Waals surface area contributed by atoms with Crippen LogP contribution in [0.4, 0.5) is 11.4 Å². The summed E-state index contributed by atoms with van der Waals surface area (Å²) in [5.41, 5.74) is 8.04. The molecule has 0 radical (unpaired) electrons. The third-order valence-electron chi connectivity index (χ3n) is 4.22. The van der Waals surface area contributed by atoms with Gasteiger partial charge in [0.25, 0.3) is 0 Å². The van der Waals surface area contributed by atoms with Crippen LogP contribution in [-0.4, -0.2) is 45.1 Å². The van der Waals surface area contributed by atoms with Crippen LogP contribution in [0.1, 0.15) is 5.56 Å². The van der Waals surface area contributed by atoms with Crippen LogP contribution in [0.25, 0.3) is 0 Å². The van der Waals surface area contributed by atoms with Crippen LogP contribution in [0, 0.1) is 5.41 Å². The maximum absolute atomic E-state index is 12.7. The largest absolute Gasteiger partial charge is 0.398 e. The Morgan fingerprint density at radius 3 is 2.25 bits per heavy atom. The summed E-state index contributed by atoms with van der Waals surface area (Å²) in [5.74, 6) is 0. The number of nitrogens with one attached hydrogen (secondary N) is 1. The molecule has 1 saturated heterocycles.